The summed E-state index contributed by atoms with van der Waals surface area (Å²) in [6, 6.07) is 10.3. The molecule has 30 heavy (non-hydrogen) atoms. The summed E-state index contributed by atoms with van der Waals surface area (Å²) in [5.41, 5.74) is 5.51. The van der Waals surface area contributed by atoms with Crippen molar-refractivity contribution in [2.45, 2.75) is 13.8 Å². The van der Waals surface area contributed by atoms with Crippen LogP contribution in [-0.2, 0) is 4.74 Å². The minimum atomic E-state index is -0.464. The summed E-state index contributed by atoms with van der Waals surface area (Å²) >= 11 is 0. The lowest BCUT2D eigenvalue weighted by atomic mass is 10.1. The van der Waals surface area contributed by atoms with E-state index in [4.69, 9.17) is 14.2 Å². The number of nitrogens with zero attached hydrogens (tertiary/aromatic N) is 2. The van der Waals surface area contributed by atoms with Crippen LogP contribution in [0.2, 0.25) is 0 Å². The molecule has 8 heteroatoms. The first-order valence-electron chi connectivity index (χ1n) is 9.33. The molecule has 1 N–H and O–H groups in total. The summed E-state index contributed by atoms with van der Waals surface area (Å²) in [6.07, 6.45) is 3.08. The van der Waals surface area contributed by atoms with Gasteiger partial charge in [-0.3, -0.25) is 19.9 Å². The molecule has 0 saturated heterocycles. The van der Waals surface area contributed by atoms with E-state index in [1.807, 2.05) is 6.07 Å². The van der Waals surface area contributed by atoms with Crippen LogP contribution < -0.4 is 14.9 Å². The van der Waals surface area contributed by atoms with Crippen LogP contribution in [0.4, 0.5) is 0 Å². The van der Waals surface area contributed by atoms with Gasteiger partial charge in [0.1, 0.15) is 0 Å². The number of pyridine rings is 1. The second-order valence-corrected chi connectivity index (χ2v) is 6.33. The van der Waals surface area contributed by atoms with E-state index in [0.717, 1.165) is 5.56 Å². The predicted octanol–water partition coefficient (Wildman–Crippen LogP) is 3.44. The van der Waals surface area contributed by atoms with Gasteiger partial charge in [-0.2, -0.15) is 0 Å². The molecule has 1 aromatic carbocycles. The second kappa shape index (κ2) is 9.13. The number of hydrogen-bond acceptors (Lipinski definition) is 6. The van der Waals surface area contributed by atoms with E-state index in [-0.39, 0.29) is 12.5 Å². The van der Waals surface area contributed by atoms with Crippen molar-refractivity contribution < 1.29 is 23.8 Å². The number of ether oxygens (including phenoxy) is 3. The Labute approximate surface area is 174 Å². The van der Waals surface area contributed by atoms with E-state index in [9.17, 15) is 9.59 Å². The Balaban J connectivity index is 2.10. The van der Waals surface area contributed by atoms with Gasteiger partial charge in [-0.1, -0.05) is 0 Å². The molecule has 0 radical (unpaired) electrons. The Morgan fingerprint density at radius 3 is 2.37 bits per heavy atom. The third-order valence-electron chi connectivity index (χ3n) is 4.58. The first-order valence-corrected chi connectivity index (χ1v) is 9.33. The quantitative estimate of drug-likeness (QED) is 0.601. The summed E-state index contributed by atoms with van der Waals surface area (Å²) in [6.45, 7) is 3.73. The van der Waals surface area contributed by atoms with E-state index < -0.39 is 5.97 Å². The molecule has 0 aliphatic carbocycles. The van der Waals surface area contributed by atoms with Crippen molar-refractivity contribution in [3.63, 3.8) is 0 Å². The van der Waals surface area contributed by atoms with Crippen molar-refractivity contribution in [3.05, 3.63) is 65.6 Å². The minimum absolute atomic E-state index is 0.249. The average Bonchev–Trinajstić information content (AvgIpc) is 3.10. The highest BCUT2D eigenvalue weighted by Crippen LogP contribution is 2.34. The number of methoxy groups -OCH3 is 2. The van der Waals surface area contributed by atoms with Gasteiger partial charge in [0.2, 0.25) is 0 Å². The summed E-state index contributed by atoms with van der Waals surface area (Å²) in [5.74, 6) is 0.294. The first-order chi connectivity index (χ1) is 14.5. The average molecular weight is 409 g/mol. The van der Waals surface area contributed by atoms with Crippen LogP contribution in [0.25, 0.3) is 11.3 Å². The maximum absolute atomic E-state index is 12.8. The molecule has 0 unspecified atom stereocenters. The third-order valence-corrected chi connectivity index (χ3v) is 4.58. The lowest BCUT2D eigenvalue weighted by molar-refractivity contribution is 0.0525. The lowest BCUT2D eigenvalue weighted by Crippen LogP contribution is -2.25. The molecule has 0 saturated carbocycles. The Hall–Kier alpha value is -3.81. The highest BCUT2D eigenvalue weighted by molar-refractivity contribution is 6.01. The number of aromatic nitrogens is 2. The van der Waals surface area contributed by atoms with Crippen LogP contribution >= 0.6 is 0 Å². The molecular weight excluding hydrogens is 386 g/mol. The second-order valence-electron chi connectivity index (χ2n) is 6.33. The normalized spacial score (nSPS) is 10.4. The van der Waals surface area contributed by atoms with Crippen molar-refractivity contribution in [2.24, 2.45) is 0 Å². The number of hydrogen-bond donors (Lipinski definition) is 1. The highest BCUT2D eigenvalue weighted by atomic mass is 16.5. The molecule has 156 valence electrons. The van der Waals surface area contributed by atoms with Crippen LogP contribution in [0.15, 0.2) is 48.8 Å². The molecule has 8 nitrogen and oxygen atoms in total. The van der Waals surface area contributed by atoms with Crippen LogP contribution in [0.5, 0.6) is 11.5 Å². The van der Waals surface area contributed by atoms with Crippen molar-refractivity contribution in [1.82, 2.24) is 9.66 Å². The summed E-state index contributed by atoms with van der Waals surface area (Å²) < 4.78 is 17.4. The van der Waals surface area contributed by atoms with Crippen molar-refractivity contribution in [2.75, 3.05) is 26.3 Å². The van der Waals surface area contributed by atoms with Gasteiger partial charge in [0, 0.05) is 23.5 Å². The Bertz CT molecular complexity index is 1060. The van der Waals surface area contributed by atoms with E-state index >= 15 is 0 Å². The Kier molecular flexibility index (Phi) is 6.36. The molecule has 2 heterocycles. The van der Waals surface area contributed by atoms with Crippen LogP contribution in [-0.4, -0.2) is 42.4 Å². The molecule has 0 aliphatic heterocycles. The first kappa shape index (κ1) is 20.9. The van der Waals surface area contributed by atoms with Gasteiger partial charge in [0.25, 0.3) is 5.91 Å². The summed E-state index contributed by atoms with van der Waals surface area (Å²) in [7, 11) is 3.10. The molecule has 1 amide bonds. The van der Waals surface area contributed by atoms with Crippen molar-refractivity contribution >= 4 is 11.9 Å². The third kappa shape index (κ3) is 4.12. The van der Waals surface area contributed by atoms with E-state index in [1.165, 1.54) is 12.4 Å². The van der Waals surface area contributed by atoms with Gasteiger partial charge in [0.15, 0.2) is 11.5 Å². The van der Waals surface area contributed by atoms with Gasteiger partial charge in [-0.15, -0.1) is 0 Å². The standard InChI is InChI=1S/C22H23N3O5/c1-5-30-22(27)17-13-18(16-6-7-19(28-3)20(12-16)29-4)25(14(17)2)24-21(26)15-8-10-23-11-9-15/h6-13H,5H2,1-4H3,(H,24,26). The fourth-order valence-electron chi connectivity index (χ4n) is 3.04. The zero-order valence-corrected chi connectivity index (χ0v) is 17.3. The summed E-state index contributed by atoms with van der Waals surface area (Å²) in [5, 5.41) is 0. The van der Waals surface area contributed by atoms with Crippen LogP contribution in [0, 0.1) is 6.92 Å². The smallest absolute Gasteiger partial charge is 0.340 e. The zero-order chi connectivity index (χ0) is 21.7. The fourth-order valence-corrected chi connectivity index (χ4v) is 3.04. The minimum Gasteiger partial charge on any atom is -0.493 e. The topological polar surface area (TPSA) is 91.7 Å². The lowest BCUT2D eigenvalue weighted by Gasteiger charge is -2.15. The fraction of sp³-hybridized carbons (Fsp3) is 0.227. The molecule has 0 atom stereocenters. The van der Waals surface area contributed by atoms with Gasteiger partial charge in [0.05, 0.1) is 37.8 Å². The largest absolute Gasteiger partial charge is 0.493 e. The summed E-state index contributed by atoms with van der Waals surface area (Å²) in [4.78, 5) is 29.1. The number of rotatable bonds is 7. The van der Waals surface area contributed by atoms with Crippen molar-refractivity contribution in [3.8, 4) is 22.8 Å². The molecule has 2 aromatic heterocycles. The van der Waals surface area contributed by atoms with Crippen molar-refractivity contribution in [1.29, 1.82) is 0 Å². The van der Waals surface area contributed by atoms with Gasteiger partial charge >= 0.3 is 5.97 Å². The maximum atomic E-state index is 12.8. The van der Waals surface area contributed by atoms with Gasteiger partial charge in [-0.25, -0.2) is 4.79 Å². The number of carbonyl (C=O) groups is 2. The molecule has 3 aromatic rings. The molecule has 0 bridgehead atoms. The van der Waals surface area contributed by atoms with Gasteiger partial charge < -0.3 is 14.2 Å². The highest BCUT2D eigenvalue weighted by Gasteiger charge is 2.22. The number of amides is 1. The van der Waals surface area contributed by atoms with E-state index in [2.05, 4.69) is 10.4 Å². The van der Waals surface area contributed by atoms with Gasteiger partial charge in [-0.05, 0) is 50.2 Å². The molecule has 3 rings (SSSR count). The van der Waals surface area contributed by atoms with E-state index in [0.29, 0.717) is 34.0 Å². The molecule has 0 fully saturated rings. The maximum Gasteiger partial charge on any atom is 0.340 e. The number of esters is 1. The predicted molar refractivity (Wildman–Crippen MR) is 112 cm³/mol. The molecular formula is C22H23N3O5. The molecule has 0 spiro atoms. The zero-order valence-electron chi connectivity index (χ0n) is 17.3. The Morgan fingerprint density at radius 2 is 1.73 bits per heavy atom. The molecule has 0 aliphatic rings. The number of carbonyl (C=O) groups excluding carboxylic acids is 2. The SMILES string of the molecule is CCOC(=O)c1cc(-c2ccc(OC)c(OC)c2)n(NC(=O)c2ccncc2)c1C. The van der Waals surface area contributed by atoms with Crippen LogP contribution in [0.3, 0.4) is 0 Å². The Morgan fingerprint density at radius 1 is 1.03 bits per heavy atom. The monoisotopic (exact) mass is 409 g/mol. The van der Waals surface area contributed by atoms with Crippen LogP contribution in [0.1, 0.15) is 33.3 Å². The number of benzene rings is 1. The number of nitrogens with one attached hydrogen (secondary N) is 1. The van der Waals surface area contributed by atoms with E-state index in [1.54, 1.807) is 63.1 Å².